The standard InChI is InChI=1S/C17H24ClN3/c1-6-19-15(16-14(18)11-20-21(16)5)12-9-7-8-10-13(12)17(2,3)4/h7-11,15,19H,6H2,1-5H3. The van der Waals surface area contributed by atoms with Crippen LogP contribution < -0.4 is 5.32 Å². The zero-order valence-corrected chi connectivity index (χ0v) is 14.2. The van der Waals surface area contributed by atoms with Crippen LogP contribution in [-0.4, -0.2) is 16.3 Å². The molecule has 1 unspecified atom stereocenters. The van der Waals surface area contributed by atoms with Crippen LogP contribution in [0.15, 0.2) is 30.5 Å². The second kappa shape index (κ2) is 6.20. The molecule has 21 heavy (non-hydrogen) atoms. The average molecular weight is 306 g/mol. The van der Waals surface area contributed by atoms with Gasteiger partial charge in [-0.1, -0.05) is 63.6 Å². The summed E-state index contributed by atoms with van der Waals surface area (Å²) in [6.07, 6.45) is 1.71. The number of aryl methyl sites for hydroxylation is 1. The zero-order valence-electron chi connectivity index (χ0n) is 13.4. The molecule has 0 saturated heterocycles. The van der Waals surface area contributed by atoms with E-state index in [0.29, 0.717) is 5.02 Å². The molecule has 0 aliphatic rings. The van der Waals surface area contributed by atoms with Crippen LogP contribution in [-0.2, 0) is 12.5 Å². The van der Waals surface area contributed by atoms with Crippen LogP contribution in [0.5, 0.6) is 0 Å². The maximum atomic E-state index is 6.37. The summed E-state index contributed by atoms with van der Waals surface area (Å²) in [5.74, 6) is 0. The lowest BCUT2D eigenvalue weighted by Crippen LogP contribution is -2.27. The van der Waals surface area contributed by atoms with E-state index in [0.717, 1.165) is 12.2 Å². The normalized spacial score (nSPS) is 13.4. The van der Waals surface area contributed by atoms with Gasteiger partial charge < -0.3 is 5.32 Å². The summed E-state index contributed by atoms with van der Waals surface area (Å²) in [5, 5.41) is 8.53. The number of nitrogens with one attached hydrogen (secondary N) is 1. The quantitative estimate of drug-likeness (QED) is 0.923. The molecule has 4 heteroatoms. The van der Waals surface area contributed by atoms with Gasteiger partial charge in [0.1, 0.15) is 0 Å². The summed E-state index contributed by atoms with van der Waals surface area (Å²) >= 11 is 6.37. The second-order valence-corrected chi connectivity index (χ2v) is 6.74. The van der Waals surface area contributed by atoms with Crippen molar-refractivity contribution in [2.45, 2.75) is 39.2 Å². The molecule has 1 atom stereocenters. The highest BCUT2D eigenvalue weighted by molar-refractivity contribution is 6.31. The molecule has 1 aromatic carbocycles. The molecule has 0 bridgehead atoms. The molecular formula is C17H24ClN3. The predicted octanol–water partition coefficient (Wildman–Crippen LogP) is 4.07. The minimum absolute atomic E-state index is 0.0467. The summed E-state index contributed by atoms with van der Waals surface area (Å²) in [6.45, 7) is 9.68. The van der Waals surface area contributed by atoms with Crippen molar-refractivity contribution in [3.8, 4) is 0 Å². The summed E-state index contributed by atoms with van der Waals surface area (Å²) < 4.78 is 1.86. The number of hydrogen-bond acceptors (Lipinski definition) is 2. The number of rotatable bonds is 4. The summed E-state index contributed by atoms with van der Waals surface area (Å²) in [7, 11) is 1.94. The van der Waals surface area contributed by atoms with E-state index >= 15 is 0 Å². The molecule has 0 saturated carbocycles. The van der Waals surface area contributed by atoms with Gasteiger partial charge in [0.05, 0.1) is 23.0 Å². The number of nitrogens with zero attached hydrogens (tertiary/aromatic N) is 2. The SMILES string of the molecule is CCNC(c1ccccc1C(C)(C)C)c1c(Cl)cnn1C. The first kappa shape index (κ1) is 16.1. The van der Waals surface area contributed by atoms with E-state index in [9.17, 15) is 0 Å². The summed E-state index contributed by atoms with van der Waals surface area (Å²) in [6, 6.07) is 8.60. The zero-order chi connectivity index (χ0) is 15.6. The van der Waals surface area contributed by atoms with Crippen molar-refractivity contribution in [2.24, 2.45) is 7.05 Å². The lowest BCUT2D eigenvalue weighted by molar-refractivity contribution is 0.536. The Kier molecular flexibility index (Phi) is 4.74. The van der Waals surface area contributed by atoms with Crippen LogP contribution in [0.3, 0.4) is 0 Å². The highest BCUT2D eigenvalue weighted by Gasteiger charge is 2.26. The minimum atomic E-state index is 0.0467. The van der Waals surface area contributed by atoms with Gasteiger partial charge in [0.15, 0.2) is 0 Å². The summed E-state index contributed by atoms with van der Waals surface area (Å²) in [4.78, 5) is 0. The second-order valence-electron chi connectivity index (χ2n) is 6.33. The molecule has 1 aromatic heterocycles. The fourth-order valence-corrected chi connectivity index (χ4v) is 3.01. The van der Waals surface area contributed by atoms with Gasteiger partial charge in [-0.3, -0.25) is 4.68 Å². The van der Waals surface area contributed by atoms with Crippen LogP contribution >= 0.6 is 11.6 Å². The van der Waals surface area contributed by atoms with Crippen molar-refractivity contribution in [3.63, 3.8) is 0 Å². The molecule has 2 rings (SSSR count). The lowest BCUT2D eigenvalue weighted by atomic mass is 9.81. The molecule has 0 aliphatic carbocycles. The van der Waals surface area contributed by atoms with Gasteiger partial charge in [0, 0.05) is 7.05 Å². The highest BCUT2D eigenvalue weighted by Crippen LogP contribution is 2.34. The van der Waals surface area contributed by atoms with Gasteiger partial charge in [-0.15, -0.1) is 0 Å². The first-order valence-corrected chi connectivity index (χ1v) is 7.74. The Morgan fingerprint density at radius 1 is 1.29 bits per heavy atom. The highest BCUT2D eigenvalue weighted by atomic mass is 35.5. The van der Waals surface area contributed by atoms with Gasteiger partial charge in [-0.25, -0.2) is 0 Å². The monoisotopic (exact) mass is 305 g/mol. The van der Waals surface area contributed by atoms with E-state index in [1.54, 1.807) is 6.20 Å². The fraction of sp³-hybridized carbons (Fsp3) is 0.471. The molecule has 3 nitrogen and oxygen atoms in total. The van der Waals surface area contributed by atoms with E-state index < -0.39 is 0 Å². The third-order valence-electron chi connectivity index (χ3n) is 3.70. The van der Waals surface area contributed by atoms with E-state index in [2.05, 4.69) is 62.4 Å². The molecule has 1 heterocycles. The Morgan fingerprint density at radius 3 is 2.48 bits per heavy atom. The largest absolute Gasteiger partial charge is 0.305 e. The Labute approximate surface area is 132 Å². The number of aromatic nitrogens is 2. The topological polar surface area (TPSA) is 29.9 Å². The summed E-state index contributed by atoms with van der Waals surface area (Å²) in [5.41, 5.74) is 3.68. The van der Waals surface area contributed by atoms with E-state index in [-0.39, 0.29) is 11.5 Å². The number of benzene rings is 1. The lowest BCUT2D eigenvalue weighted by Gasteiger charge is -2.28. The third-order valence-corrected chi connectivity index (χ3v) is 3.99. The molecule has 0 amide bonds. The molecule has 2 aromatic rings. The molecule has 0 aliphatic heterocycles. The van der Waals surface area contributed by atoms with Gasteiger partial charge in [-0.05, 0) is 23.1 Å². The third kappa shape index (κ3) is 3.30. The van der Waals surface area contributed by atoms with Crippen LogP contribution in [0.4, 0.5) is 0 Å². The fourth-order valence-electron chi connectivity index (χ4n) is 2.73. The van der Waals surface area contributed by atoms with Crippen molar-refractivity contribution < 1.29 is 0 Å². The average Bonchev–Trinajstić information content (AvgIpc) is 2.75. The van der Waals surface area contributed by atoms with Crippen LogP contribution in [0, 0.1) is 0 Å². The van der Waals surface area contributed by atoms with Crippen LogP contribution in [0.2, 0.25) is 5.02 Å². The van der Waals surface area contributed by atoms with E-state index in [1.807, 2.05) is 11.7 Å². The van der Waals surface area contributed by atoms with E-state index in [4.69, 9.17) is 11.6 Å². The molecule has 0 fully saturated rings. The smallest absolute Gasteiger partial charge is 0.0837 e. The Balaban J connectivity index is 2.60. The van der Waals surface area contributed by atoms with Gasteiger partial charge in [0.25, 0.3) is 0 Å². The van der Waals surface area contributed by atoms with Gasteiger partial charge >= 0.3 is 0 Å². The van der Waals surface area contributed by atoms with E-state index in [1.165, 1.54) is 11.1 Å². The molecule has 0 radical (unpaired) electrons. The Bertz CT molecular complexity index is 591. The predicted molar refractivity (Wildman–Crippen MR) is 88.9 cm³/mol. The van der Waals surface area contributed by atoms with Crippen molar-refractivity contribution in [1.82, 2.24) is 15.1 Å². The van der Waals surface area contributed by atoms with Crippen LogP contribution in [0.1, 0.15) is 50.6 Å². The number of halogens is 1. The maximum Gasteiger partial charge on any atom is 0.0837 e. The Hall–Kier alpha value is -1.32. The molecule has 1 N–H and O–H groups in total. The molecule has 114 valence electrons. The molecule has 0 spiro atoms. The van der Waals surface area contributed by atoms with Crippen molar-refractivity contribution >= 4 is 11.6 Å². The first-order valence-electron chi connectivity index (χ1n) is 7.36. The van der Waals surface area contributed by atoms with Gasteiger partial charge in [-0.2, -0.15) is 5.10 Å². The number of hydrogen-bond donors (Lipinski definition) is 1. The van der Waals surface area contributed by atoms with Gasteiger partial charge in [0.2, 0.25) is 0 Å². The Morgan fingerprint density at radius 2 is 1.95 bits per heavy atom. The molecular weight excluding hydrogens is 282 g/mol. The first-order chi connectivity index (χ1) is 9.86. The van der Waals surface area contributed by atoms with Crippen LogP contribution in [0.25, 0.3) is 0 Å². The minimum Gasteiger partial charge on any atom is -0.305 e. The van der Waals surface area contributed by atoms with Crippen molar-refractivity contribution in [2.75, 3.05) is 6.54 Å². The van der Waals surface area contributed by atoms with Crippen molar-refractivity contribution in [1.29, 1.82) is 0 Å². The van der Waals surface area contributed by atoms with Crippen molar-refractivity contribution in [3.05, 3.63) is 52.3 Å². The maximum absolute atomic E-state index is 6.37.